The average Bonchev–Trinajstić information content (AvgIpc) is 2.30. The summed E-state index contributed by atoms with van der Waals surface area (Å²) in [7, 11) is 0. The molecule has 1 N–H and O–H groups in total. The Balaban J connectivity index is 2.03. The lowest BCUT2D eigenvalue weighted by atomic mass is 9.88. The fourth-order valence-electron chi connectivity index (χ4n) is 2.01. The maximum Gasteiger partial charge on any atom is 0.0819 e. The quantitative estimate of drug-likeness (QED) is 0.757. The summed E-state index contributed by atoms with van der Waals surface area (Å²) >= 11 is 0. The van der Waals surface area contributed by atoms with E-state index in [0.29, 0.717) is 5.92 Å². The van der Waals surface area contributed by atoms with Crippen LogP contribution in [-0.4, -0.2) is 18.2 Å². The van der Waals surface area contributed by atoms with Gasteiger partial charge in [0.25, 0.3) is 0 Å². The average molecular weight is 190 g/mol. The molecule has 1 radical (unpaired) electrons. The summed E-state index contributed by atoms with van der Waals surface area (Å²) in [5, 5.41) is 14.4. The normalized spacial score (nSPS) is 20.6. The molecule has 1 fully saturated rings. The van der Waals surface area contributed by atoms with E-state index in [9.17, 15) is 5.11 Å². The van der Waals surface area contributed by atoms with E-state index in [2.05, 4.69) is 5.32 Å². The molecule has 1 atom stereocenters. The fraction of sp³-hybridized carbons (Fsp3) is 0.500. The molecule has 0 amide bonds. The maximum absolute atomic E-state index is 10.1. The van der Waals surface area contributed by atoms with Crippen LogP contribution in [0.1, 0.15) is 24.5 Å². The molecule has 0 aromatic heterocycles. The van der Waals surface area contributed by atoms with Crippen LogP contribution in [0.15, 0.2) is 30.3 Å². The van der Waals surface area contributed by atoms with Crippen molar-refractivity contribution in [1.82, 2.24) is 5.32 Å². The zero-order valence-electron chi connectivity index (χ0n) is 8.26. The van der Waals surface area contributed by atoms with Crippen molar-refractivity contribution in [1.29, 1.82) is 0 Å². The Bertz CT molecular complexity index is 267. The van der Waals surface area contributed by atoms with E-state index in [-0.39, 0.29) is 6.10 Å². The van der Waals surface area contributed by atoms with Gasteiger partial charge >= 0.3 is 0 Å². The van der Waals surface area contributed by atoms with Crippen LogP contribution in [0.2, 0.25) is 0 Å². The van der Waals surface area contributed by atoms with Gasteiger partial charge in [-0.15, -0.1) is 0 Å². The SMILES string of the molecule is OC(c1ccccc1)C1CC[N]CC1. The van der Waals surface area contributed by atoms with Crippen molar-refractivity contribution in [3.05, 3.63) is 35.9 Å². The van der Waals surface area contributed by atoms with Crippen molar-refractivity contribution in [3.8, 4) is 0 Å². The fourth-order valence-corrected chi connectivity index (χ4v) is 2.01. The molecular weight excluding hydrogens is 174 g/mol. The monoisotopic (exact) mass is 190 g/mol. The molecule has 1 aliphatic rings. The Hall–Kier alpha value is -0.860. The van der Waals surface area contributed by atoms with Gasteiger partial charge in [0, 0.05) is 13.1 Å². The van der Waals surface area contributed by atoms with Gasteiger partial charge in [0.05, 0.1) is 6.10 Å². The Morgan fingerprint density at radius 2 is 1.79 bits per heavy atom. The maximum atomic E-state index is 10.1. The summed E-state index contributed by atoms with van der Waals surface area (Å²) in [6.07, 6.45) is 1.75. The van der Waals surface area contributed by atoms with Gasteiger partial charge in [0.1, 0.15) is 0 Å². The zero-order chi connectivity index (χ0) is 9.80. The van der Waals surface area contributed by atoms with E-state index in [1.54, 1.807) is 0 Å². The summed E-state index contributed by atoms with van der Waals surface area (Å²) in [6, 6.07) is 9.93. The Morgan fingerprint density at radius 3 is 2.43 bits per heavy atom. The Morgan fingerprint density at radius 1 is 1.14 bits per heavy atom. The molecule has 2 rings (SSSR count). The molecule has 2 nitrogen and oxygen atoms in total. The van der Waals surface area contributed by atoms with Crippen LogP contribution in [0, 0.1) is 5.92 Å². The molecule has 1 aromatic carbocycles. The van der Waals surface area contributed by atoms with Gasteiger partial charge in [-0.3, -0.25) is 0 Å². The van der Waals surface area contributed by atoms with Crippen LogP contribution in [0.3, 0.4) is 0 Å². The first-order valence-electron chi connectivity index (χ1n) is 5.24. The van der Waals surface area contributed by atoms with Crippen molar-refractivity contribution in [2.45, 2.75) is 18.9 Å². The molecule has 0 saturated carbocycles. The van der Waals surface area contributed by atoms with Gasteiger partial charge in [-0.05, 0) is 24.3 Å². The van der Waals surface area contributed by atoms with E-state index in [1.807, 2.05) is 30.3 Å². The van der Waals surface area contributed by atoms with E-state index < -0.39 is 0 Å². The van der Waals surface area contributed by atoms with Crippen molar-refractivity contribution in [3.63, 3.8) is 0 Å². The van der Waals surface area contributed by atoms with Gasteiger partial charge in [-0.2, -0.15) is 0 Å². The highest BCUT2D eigenvalue weighted by atomic mass is 16.3. The van der Waals surface area contributed by atoms with Crippen LogP contribution in [0.25, 0.3) is 0 Å². The second-order valence-electron chi connectivity index (χ2n) is 3.86. The molecule has 0 spiro atoms. The van der Waals surface area contributed by atoms with Crippen molar-refractivity contribution < 1.29 is 5.11 Å². The van der Waals surface area contributed by atoms with E-state index >= 15 is 0 Å². The van der Waals surface area contributed by atoms with Crippen LogP contribution < -0.4 is 5.32 Å². The minimum atomic E-state index is -0.299. The molecule has 1 unspecified atom stereocenters. The number of hydrogen-bond acceptors (Lipinski definition) is 1. The van der Waals surface area contributed by atoms with Crippen molar-refractivity contribution in [2.75, 3.05) is 13.1 Å². The number of piperidine rings is 1. The number of aliphatic hydroxyl groups excluding tert-OH is 1. The third kappa shape index (κ3) is 2.14. The summed E-state index contributed by atoms with van der Waals surface area (Å²) in [4.78, 5) is 0. The van der Waals surface area contributed by atoms with E-state index in [4.69, 9.17) is 0 Å². The van der Waals surface area contributed by atoms with Gasteiger partial charge in [0.2, 0.25) is 0 Å². The first-order valence-corrected chi connectivity index (χ1v) is 5.24. The standard InChI is InChI=1S/C12H16NO/c14-12(10-4-2-1-3-5-10)11-6-8-13-9-7-11/h1-5,11-12,14H,6-9H2. The lowest BCUT2D eigenvalue weighted by molar-refractivity contribution is 0.0883. The summed E-state index contributed by atoms with van der Waals surface area (Å²) in [5.41, 5.74) is 1.04. The first kappa shape index (κ1) is 9.69. The highest BCUT2D eigenvalue weighted by molar-refractivity contribution is 5.18. The van der Waals surface area contributed by atoms with Crippen LogP contribution in [-0.2, 0) is 0 Å². The molecule has 1 heterocycles. The number of benzene rings is 1. The smallest absolute Gasteiger partial charge is 0.0819 e. The minimum absolute atomic E-state index is 0.299. The molecule has 1 saturated heterocycles. The highest BCUT2D eigenvalue weighted by Crippen LogP contribution is 2.28. The Kier molecular flexibility index (Phi) is 3.17. The molecule has 1 aromatic rings. The third-order valence-corrected chi connectivity index (χ3v) is 2.90. The second kappa shape index (κ2) is 4.58. The molecule has 1 aliphatic heterocycles. The van der Waals surface area contributed by atoms with E-state index in [0.717, 1.165) is 31.5 Å². The predicted octanol–water partition coefficient (Wildman–Crippen LogP) is 1.73. The van der Waals surface area contributed by atoms with Crippen molar-refractivity contribution in [2.24, 2.45) is 5.92 Å². The van der Waals surface area contributed by atoms with Crippen LogP contribution >= 0.6 is 0 Å². The molecule has 2 heteroatoms. The zero-order valence-corrected chi connectivity index (χ0v) is 8.26. The molecule has 0 bridgehead atoms. The highest BCUT2D eigenvalue weighted by Gasteiger charge is 2.22. The Labute approximate surface area is 85.0 Å². The third-order valence-electron chi connectivity index (χ3n) is 2.90. The van der Waals surface area contributed by atoms with E-state index in [1.165, 1.54) is 0 Å². The topological polar surface area (TPSA) is 34.3 Å². The first-order chi connectivity index (χ1) is 6.88. The van der Waals surface area contributed by atoms with Gasteiger partial charge < -0.3 is 5.11 Å². The second-order valence-corrected chi connectivity index (χ2v) is 3.86. The van der Waals surface area contributed by atoms with Gasteiger partial charge in [-0.25, -0.2) is 5.32 Å². The van der Waals surface area contributed by atoms with Crippen molar-refractivity contribution >= 4 is 0 Å². The largest absolute Gasteiger partial charge is 0.388 e. The molecule has 75 valence electrons. The molecule has 14 heavy (non-hydrogen) atoms. The molecule has 0 aliphatic carbocycles. The summed E-state index contributed by atoms with van der Waals surface area (Å²) in [6.45, 7) is 1.82. The number of aliphatic hydroxyl groups is 1. The van der Waals surface area contributed by atoms with Gasteiger partial charge in [-0.1, -0.05) is 30.3 Å². The van der Waals surface area contributed by atoms with Gasteiger partial charge in [0.15, 0.2) is 0 Å². The summed E-state index contributed by atoms with van der Waals surface area (Å²) in [5.74, 6) is 0.398. The van der Waals surface area contributed by atoms with Crippen LogP contribution in [0.4, 0.5) is 0 Å². The lowest BCUT2D eigenvalue weighted by Gasteiger charge is -2.26. The number of hydrogen-bond donors (Lipinski definition) is 1. The number of rotatable bonds is 2. The predicted molar refractivity (Wildman–Crippen MR) is 56.0 cm³/mol. The summed E-state index contributed by atoms with van der Waals surface area (Å²) < 4.78 is 0. The number of nitrogens with zero attached hydrogens (tertiary/aromatic N) is 1. The minimum Gasteiger partial charge on any atom is -0.388 e. The van der Waals surface area contributed by atoms with Crippen LogP contribution in [0.5, 0.6) is 0 Å². The molecular formula is C12H16NO. The lowest BCUT2D eigenvalue weighted by Crippen LogP contribution is -2.26.